The first-order chi connectivity index (χ1) is 10.2. The van der Waals surface area contributed by atoms with Crippen LogP contribution in [-0.2, 0) is 0 Å². The molecule has 1 fully saturated rings. The van der Waals surface area contributed by atoms with Crippen molar-refractivity contribution in [2.45, 2.75) is 13.3 Å². The van der Waals surface area contributed by atoms with Crippen molar-refractivity contribution in [2.24, 2.45) is 0 Å². The van der Waals surface area contributed by atoms with Crippen LogP contribution in [0.2, 0.25) is 0 Å². The molecule has 21 heavy (non-hydrogen) atoms. The van der Waals surface area contributed by atoms with E-state index in [-0.39, 0.29) is 0 Å². The lowest BCUT2D eigenvalue weighted by atomic mass is 10.1. The van der Waals surface area contributed by atoms with Crippen LogP contribution in [0.25, 0.3) is 10.9 Å². The van der Waals surface area contributed by atoms with Gasteiger partial charge >= 0.3 is 0 Å². The molecule has 1 aromatic heterocycles. The van der Waals surface area contributed by atoms with E-state index >= 15 is 0 Å². The number of aryl methyl sites for hydroxylation is 1. The fourth-order valence-corrected chi connectivity index (χ4v) is 2.93. The topological polar surface area (TPSA) is 28.6 Å². The zero-order chi connectivity index (χ0) is 14.8. The van der Waals surface area contributed by atoms with E-state index in [4.69, 9.17) is 9.72 Å². The molecule has 3 rings (SSSR count). The van der Waals surface area contributed by atoms with Crippen molar-refractivity contribution in [3.05, 3.63) is 29.8 Å². The third-order valence-electron chi connectivity index (χ3n) is 4.25. The fraction of sp³-hybridized carbons (Fsp3) is 0.471. The van der Waals surface area contributed by atoms with Crippen LogP contribution in [0.5, 0.6) is 5.75 Å². The fourth-order valence-electron chi connectivity index (χ4n) is 2.93. The molecule has 0 amide bonds. The quantitative estimate of drug-likeness (QED) is 0.848. The smallest absolute Gasteiger partial charge is 0.129 e. The van der Waals surface area contributed by atoms with E-state index in [2.05, 4.69) is 35.9 Å². The molecule has 2 aromatic rings. The molecule has 1 aliphatic heterocycles. The van der Waals surface area contributed by atoms with E-state index in [1.807, 2.05) is 12.1 Å². The second kappa shape index (κ2) is 5.90. The predicted molar refractivity (Wildman–Crippen MR) is 87.4 cm³/mol. The van der Waals surface area contributed by atoms with Crippen molar-refractivity contribution in [3.8, 4) is 5.75 Å². The molecule has 0 saturated carbocycles. The van der Waals surface area contributed by atoms with Crippen LogP contribution in [-0.4, -0.2) is 50.2 Å². The SMILES string of the molecule is COc1ccc2c(C)cc(N3CCCN(C)CC3)nc2c1. The van der Waals surface area contributed by atoms with Gasteiger partial charge < -0.3 is 14.5 Å². The molecule has 2 heterocycles. The second-order valence-electron chi connectivity index (χ2n) is 5.82. The Morgan fingerprint density at radius 3 is 2.76 bits per heavy atom. The minimum absolute atomic E-state index is 0.863. The number of ether oxygens (including phenoxy) is 1. The Morgan fingerprint density at radius 2 is 1.95 bits per heavy atom. The number of likely N-dealkylation sites (N-methyl/N-ethyl adjacent to an activating group) is 1. The summed E-state index contributed by atoms with van der Waals surface area (Å²) in [5.41, 5.74) is 2.29. The Labute approximate surface area is 126 Å². The van der Waals surface area contributed by atoms with Gasteiger partial charge in [0.1, 0.15) is 11.6 Å². The number of rotatable bonds is 2. The molecule has 0 aliphatic carbocycles. The third-order valence-corrected chi connectivity index (χ3v) is 4.25. The van der Waals surface area contributed by atoms with E-state index < -0.39 is 0 Å². The van der Waals surface area contributed by atoms with E-state index in [1.165, 1.54) is 17.4 Å². The van der Waals surface area contributed by atoms with E-state index in [0.717, 1.165) is 43.3 Å². The van der Waals surface area contributed by atoms with Crippen LogP contribution in [0, 0.1) is 6.92 Å². The molecule has 0 bridgehead atoms. The molecule has 1 saturated heterocycles. The van der Waals surface area contributed by atoms with Crippen LogP contribution in [0.15, 0.2) is 24.3 Å². The average Bonchev–Trinajstić information content (AvgIpc) is 2.71. The van der Waals surface area contributed by atoms with Crippen LogP contribution in [0.3, 0.4) is 0 Å². The molecule has 4 heteroatoms. The largest absolute Gasteiger partial charge is 0.497 e. The lowest BCUT2D eigenvalue weighted by Gasteiger charge is -2.22. The van der Waals surface area contributed by atoms with Gasteiger partial charge in [-0.15, -0.1) is 0 Å². The maximum absolute atomic E-state index is 5.32. The van der Waals surface area contributed by atoms with Crippen molar-refractivity contribution in [2.75, 3.05) is 45.2 Å². The summed E-state index contributed by atoms with van der Waals surface area (Å²) in [7, 11) is 3.88. The van der Waals surface area contributed by atoms with Gasteiger partial charge in [-0.1, -0.05) is 0 Å². The van der Waals surface area contributed by atoms with Gasteiger partial charge in [-0.25, -0.2) is 4.98 Å². The number of methoxy groups -OCH3 is 1. The van der Waals surface area contributed by atoms with Crippen molar-refractivity contribution in [3.63, 3.8) is 0 Å². The zero-order valence-electron chi connectivity index (χ0n) is 13.1. The molecule has 1 aromatic carbocycles. The Kier molecular flexibility index (Phi) is 3.97. The Balaban J connectivity index is 1.98. The summed E-state index contributed by atoms with van der Waals surface area (Å²) in [6.07, 6.45) is 1.19. The summed E-state index contributed by atoms with van der Waals surface area (Å²) in [6, 6.07) is 8.32. The van der Waals surface area contributed by atoms with Gasteiger partial charge in [-0.05, 0) is 50.7 Å². The minimum Gasteiger partial charge on any atom is -0.497 e. The standard InChI is InChI=1S/C17H23N3O/c1-13-11-17(20-8-4-7-19(2)9-10-20)18-16-12-14(21-3)5-6-15(13)16/h5-6,11-12H,4,7-10H2,1-3H3. The van der Waals surface area contributed by atoms with Gasteiger partial charge in [0.15, 0.2) is 0 Å². The molecule has 1 aliphatic rings. The van der Waals surface area contributed by atoms with Gasteiger partial charge in [0.05, 0.1) is 12.6 Å². The van der Waals surface area contributed by atoms with E-state index in [1.54, 1.807) is 7.11 Å². The highest BCUT2D eigenvalue weighted by Crippen LogP contribution is 2.26. The molecule has 0 N–H and O–H groups in total. The lowest BCUT2D eigenvalue weighted by molar-refractivity contribution is 0.360. The third kappa shape index (κ3) is 2.95. The first-order valence-electron chi connectivity index (χ1n) is 7.56. The molecule has 112 valence electrons. The number of pyridine rings is 1. The average molecular weight is 285 g/mol. The van der Waals surface area contributed by atoms with Crippen LogP contribution in [0.4, 0.5) is 5.82 Å². The second-order valence-corrected chi connectivity index (χ2v) is 5.82. The number of benzene rings is 1. The van der Waals surface area contributed by atoms with Crippen LogP contribution in [0.1, 0.15) is 12.0 Å². The minimum atomic E-state index is 0.863. The van der Waals surface area contributed by atoms with Gasteiger partial charge in [-0.3, -0.25) is 0 Å². The number of hydrogen-bond acceptors (Lipinski definition) is 4. The highest BCUT2D eigenvalue weighted by molar-refractivity contribution is 5.85. The highest BCUT2D eigenvalue weighted by atomic mass is 16.5. The number of nitrogens with zero attached hydrogens (tertiary/aromatic N) is 3. The van der Waals surface area contributed by atoms with Gasteiger partial charge in [0, 0.05) is 31.1 Å². The lowest BCUT2D eigenvalue weighted by Crippen LogP contribution is -2.29. The van der Waals surface area contributed by atoms with E-state index in [0.29, 0.717) is 0 Å². The first-order valence-corrected chi connectivity index (χ1v) is 7.56. The highest BCUT2D eigenvalue weighted by Gasteiger charge is 2.15. The number of hydrogen-bond donors (Lipinski definition) is 0. The summed E-state index contributed by atoms with van der Waals surface area (Å²) < 4.78 is 5.32. The van der Waals surface area contributed by atoms with Crippen molar-refractivity contribution >= 4 is 16.7 Å². The summed E-state index contributed by atoms with van der Waals surface area (Å²) in [6.45, 7) is 6.53. The molecule has 0 spiro atoms. The number of anilines is 1. The molecule has 4 nitrogen and oxygen atoms in total. The Bertz CT molecular complexity index is 641. The zero-order valence-corrected chi connectivity index (χ0v) is 13.1. The normalized spacial score (nSPS) is 17.0. The van der Waals surface area contributed by atoms with Crippen molar-refractivity contribution in [1.82, 2.24) is 9.88 Å². The summed E-state index contributed by atoms with van der Waals surface area (Å²) >= 11 is 0. The first kappa shape index (κ1) is 14.1. The Hall–Kier alpha value is -1.81. The summed E-state index contributed by atoms with van der Waals surface area (Å²) in [5.74, 6) is 1.95. The van der Waals surface area contributed by atoms with Crippen LogP contribution < -0.4 is 9.64 Å². The van der Waals surface area contributed by atoms with Gasteiger partial charge in [0.2, 0.25) is 0 Å². The van der Waals surface area contributed by atoms with Gasteiger partial charge in [-0.2, -0.15) is 0 Å². The van der Waals surface area contributed by atoms with Gasteiger partial charge in [0.25, 0.3) is 0 Å². The molecule has 0 radical (unpaired) electrons. The maximum atomic E-state index is 5.32. The van der Waals surface area contributed by atoms with E-state index in [9.17, 15) is 0 Å². The Morgan fingerprint density at radius 1 is 1.10 bits per heavy atom. The molecule has 0 atom stereocenters. The number of fused-ring (bicyclic) bond motifs is 1. The molecular formula is C17H23N3O. The monoisotopic (exact) mass is 285 g/mol. The van der Waals surface area contributed by atoms with Crippen molar-refractivity contribution in [1.29, 1.82) is 0 Å². The summed E-state index contributed by atoms with van der Waals surface area (Å²) in [5, 5.41) is 1.20. The summed E-state index contributed by atoms with van der Waals surface area (Å²) in [4.78, 5) is 9.65. The molecule has 0 unspecified atom stereocenters. The van der Waals surface area contributed by atoms with Crippen molar-refractivity contribution < 1.29 is 4.74 Å². The predicted octanol–water partition coefficient (Wildman–Crippen LogP) is 2.69. The maximum Gasteiger partial charge on any atom is 0.129 e. The molecular weight excluding hydrogens is 262 g/mol. The number of aromatic nitrogens is 1. The van der Waals surface area contributed by atoms with Crippen LogP contribution >= 0.6 is 0 Å².